The molecule has 2 N–H and O–H groups in total. The highest BCUT2D eigenvalue weighted by molar-refractivity contribution is 5.93. The zero-order valence-electron chi connectivity index (χ0n) is 13.2. The molecule has 0 unspecified atom stereocenters. The van der Waals surface area contributed by atoms with Crippen LogP contribution in [0.1, 0.15) is 11.1 Å². The zero-order chi connectivity index (χ0) is 16.0. The van der Waals surface area contributed by atoms with Crippen molar-refractivity contribution in [3.8, 4) is 11.3 Å². The van der Waals surface area contributed by atoms with Gasteiger partial charge in [0.1, 0.15) is 0 Å². The molecule has 0 spiro atoms. The fraction of sp³-hybridized carbons (Fsp3) is 0.100. The van der Waals surface area contributed by atoms with Gasteiger partial charge < -0.3 is 5.73 Å². The number of aryl methyl sites for hydroxylation is 2. The summed E-state index contributed by atoms with van der Waals surface area (Å²) in [5.41, 5.74) is 13.1. The summed E-state index contributed by atoms with van der Waals surface area (Å²) in [6, 6.07) is 16.5. The van der Waals surface area contributed by atoms with Crippen molar-refractivity contribution in [2.24, 2.45) is 0 Å². The van der Waals surface area contributed by atoms with Gasteiger partial charge in [-0.15, -0.1) is 0 Å². The van der Waals surface area contributed by atoms with Crippen LogP contribution >= 0.6 is 0 Å². The van der Waals surface area contributed by atoms with Crippen molar-refractivity contribution >= 4 is 27.5 Å². The first-order valence-electron chi connectivity index (χ1n) is 7.64. The fourth-order valence-electron chi connectivity index (χ4n) is 2.89. The molecule has 0 aliphatic rings. The smallest absolute Gasteiger partial charge is 0.0730 e. The van der Waals surface area contributed by atoms with Crippen LogP contribution < -0.4 is 5.73 Å². The summed E-state index contributed by atoms with van der Waals surface area (Å²) in [5.74, 6) is 0. The summed E-state index contributed by atoms with van der Waals surface area (Å²) >= 11 is 0. The fourth-order valence-corrected chi connectivity index (χ4v) is 2.89. The number of anilines is 1. The summed E-state index contributed by atoms with van der Waals surface area (Å²) < 4.78 is 0. The summed E-state index contributed by atoms with van der Waals surface area (Å²) in [7, 11) is 0. The Bertz CT molecular complexity index is 1050. The van der Waals surface area contributed by atoms with E-state index in [1.165, 1.54) is 5.56 Å². The topological polar surface area (TPSA) is 51.8 Å². The highest BCUT2D eigenvalue weighted by atomic mass is 14.7. The molecule has 2 aromatic heterocycles. The SMILES string of the molecule is Cc1ccc2ncc(-c3ccc4c(N)c(C)ccc4n3)cc2c1. The van der Waals surface area contributed by atoms with Gasteiger partial charge in [0.05, 0.1) is 16.7 Å². The lowest BCUT2D eigenvalue weighted by atomic mass is 10.1. The van der Waals surface area contributed by atoms with Crippen LogP contribution in [0.5, 0.6) is 0 Å². The highest BCUT2D eigenvalue weighted by Crippen LogP contribution is 2.27. The van der Waals surface area contributed by atoms with E-state index in [-0.39, 0.29) is 0 Å². The van der Waals surface area contributed by atoms with E-state index in [2.05, 4.69) is 30.1 Å². The van der Waals surface area contributed by atoms with Gasteiger partial charge in [0, 0.05) is 28.2 Å². The molecule has 2 aromatic carbocycles. The predicted octanol–water partition coefficient (Wildman–Crippen LogP) is 4.65. The van der Waals surface area contributed by atoms with Crippen molar-refractivity contribution in [3.05, 3.63) is 65.9 Å². The number of nitrogens with two attached hydrogens (primary N) is 1. The lowest BCUT2D eigenvalue weighted by Crippen LogP contribution is -1.94. The minimum Gasteiger partial charge on any atom is -0.398 e. The van der Waals surface area contributed by atoms with Crippen molar-refractivity contribution in [1.82, 2.24) is 9.97 Å². The Morgan fingerprint density at radius 3 is 2.57 bits per heavy atom. The summed E-state index contributed by atoms with van der Waals surface area (Å²) in [6.45, 7) is 4.10. The van der Waals surface area contributed by atoms with E-state index in [1.807, 2.05) is 43.5 Å². The average Bonchev–Trinajstić information content (AvgIpc) is 2.57. The largest absolute Gasteiger partial charge is 0.398 e. The molecular weight excluding hydrogens is 282 g/mol. The Morgan fingerprint density at radius 1 is 0.870 bits per heavy atom. The van der Waals surface area contributed by atoms with Gasteiger partial charge in [-0.25, -0.2) is 4.98 Å². The first kappa shape index (κ1) is 13.7. The second-order valence-electron chi connectivity index (χ2n) is 5.98. The quantitative estimate of drug-likeness (QED) is 0.520. The predicted molar refractivity (Wildman–Crippen MR) is 96.4 cm³/mol. The van der Waals surface area contributed by atoms with Gasteiger partial charge >= 0.3 is 0 Å². The molecule has 4 aromatic rings. The van der Waals surface area contributed by atoms with Crippen LogP contribution in [0.25, 0.3) is 33.1 Å². The third-order valence-electron chi connectivity index (χ3n) is 4.26. The normalized spacial score (nSPS) is 11.2. The maximum atomic E-state index is 6.15. The Labute approximate surface area is 134 Å². The number of hydrogen-bond donors (Lipinski definition) is 1. The number of fused-ring (bicyclic) bond motifs is 2. The van der Waals surface area contributed by atoms with Crippen molar-refractivity contribution in [3.63, 3.8) is 0 Å². The second-order valence-corrected chi connectivity index (χ2v) is 5.98. The van der Waals surface area contributed by atoms with Gasteiger partial charge in [0.25, 0.3) is 0 Å². The van der Waals surface area contributed by atoms with Gasteiger partial charge in [-0.2, -0.15) is 0 Å². The van der Waals surface area contributed by atoms with Gasteiger partial charge in [-0.1, -0.05) is 17.7 Å². The first-order chi connectivity index (χ1) is 11.1. The molecule has 0 aliphatic carbocycles. The Kier molecular flexibility index (Phi) is 3.01. The van der Waals surface area contributed by atoms with Crippen LogP contribution in [-0.4, -0.2) is 9.97 Å². The minimum atomic E-state index is 0.800. The molecule has 3 nitrogen and oxygen atoms in total. The Hall–Kier alpha value is -2.94. The maximum Gasteiger partial charge on any atom is 0.0730 e. The molecule has 112 valence electrons. The third kappa shape index (κ3) is 2.30. The van der Waals surface area contributed by atoms with Crippen LogP contribution in [0.15, 0.2) is 54.7 Å². The second kappa shape index (κ2) is 5.06. The molecule has 3 heteroatoms. The van der Waals surface area contributed by atoms with Crippen molar-refractivity contribution in [2.75, 3.05) is 5.73 Å². The van der Waals surface area contributed by atoms with Crippen LogP contribution in [0, 0.1) is 13.8 Å². The van der Waals surface area contributed by atoms with Crippen LogP contribution in [0.2, 0.25) is 0 Å². The van der Waals surface area contributed by atoms with E-state index in [9.17, 15) is 0 Å². The Morgan fingerprint density at radius 2 is 1.70 bits per heavy atom. The molecule has 0 bridgehead atoms. The lowest BCUT2D eigenvalue weighted by molar-refractivity contribution is 1.34. The summed E-state index contributed by atoms with van der Waals surface area (Å²) in [5, 5.41) is 2.13. The van der Waals surface area contributed by atoms with Gasteiger partial charge in [0.15, 0.2) is 0 Å². The van der Waals surface area contributed by atoms with E-state index in [0.717, 1.165) is 44.3 Å². The zero-order valence-corrected chi connectivity index (χ0v) is 13.2. The molecule has 0 amide bonds. The lowest BCUT2D eigenvalue weighted by Gasteiger charge is -2.08. The van der Waals surface area contributed by atoms with E-state index in [4.69, 9.17) is 10.7 Å². The molecule has 2 heterocycles. The minimum absolute atomic E-state index is 0.800. The van der Waals surface area contributed by atoms with E-state index in [1.54, 1.807) is 0 Å². The van der Waals surface area contributed by atoms with Gasteiger partial charge in [-0.05, 0) is 55.8 Å². The highest BCUT2D eigenvalue weighted by Gasteiger charge is 2.07. The van der Waals surface area contributed by atoms with Gasteiger partial charge in [-0.3, -0.25) is 4.98 Å². The molecule has 4 rings (SSSR count). The van der Waals surface area contributed by atoms with Crippen molar-refractivity contribution in [2.45, 2.75) is 13.8 Å². The number of rotatable bonds is 1. The van der Waals surface area contributed by atoms with E-state index in [0.29, 0.717) is 0 Å². The van der Waals surface area contributed by atoms with Crippen LogP contribution in [0.3, 0.4) is 0 Å². The number of aromatic nitrogens is 2. The standard InChI is InChI=1S/C20H17N3/c1-12-3-6-17-14(9-12)10-15(11-22-17)18-8-5-16-19(23-18)7-4-13(2)20(16)21/h3-11H,21H2,1-2H3. The number of nitrogen functional groups attached to an aromatic ring is 1. The molecule has 0 radical (unpaired) electrons. The third-order valence-corrected chi connectivity index (χ3v) is 4.26. The molecule has 0 saturated heterocycles. The monoisotopic (exact) mass is 299 g/mol. The summed E-state index contributed by atoms with van der Waals surface area (Å²) in [4.78, 5) is 9.30. The molecular formula is C20H17N3. The Balaban J connectivity index is 1.90. The average molecular weight is 299 g/mol. The molecule has 0 atom stereocenters. The van der Waals surface area contributed by atoms with E-state index >= 15 is 0 Å². The molecule has 0 saturated carbocycles. The summed E-state index contributed by atoms with van der Waals surface area (Å²) in [6.07, 6.45) is 1.88. The molecule has 0 aliphatic heterocycles. The maximum absolute atomic E-state index is 6.15. The van der Waals surface area contributed by atoms with Crippen molar-refractivity contribution in [1.29, 1.82) is 0 Å². The molecule has 23 heavy (non-hydrogen) atoms. The number of hydrogen-bond acceptors (Lipinski definition) is 3. The van der Waals surface area contributed by atoms with Crippen LogP contribution in [0.4, 0.5) is 5.69 Å². The first-order valence-corrected chi connectivity index (χ1v) is 7.64. The van der Waals surface area contributed by atoms with Gasteiger partial charge in [0.2, 0.25) is 0 Å². The number of benzene rings is 2. The van der Waals surface area contributed by atoms with Crippen LogP contribution in [-0.2, 0) is 0 Å². The number of pyridine rings is 2. The van der Waals surface area contributed by atoms with Crippen molar-refractivity contribution < 1.29 is 0 Å². The molecule has 0 fully saturated rings. The number of nitrogens with zero attached hydrogens (tertiary/aromatic N) is 2. The van der Waals surface area contributed by atoms with E-state index < -0.39 is 0 Å².